The van der Waals surface area contributed by atoms with Crippen molar-refractivity contribution in [1.82, 2.24) is 14.8 Å². The molecule has 3 aromatic rings. The SMILES string of the molecule is N#Cc1ccsc1NC(=O)CCSc1nc(C2CC2)n(-c2ccccc2)n1. The van der Waals surface area contributed by atoms with Gasteiger partial charge in [-0.05, 0) is 36.4 Å². The normalized spacial score (nSPS) is 13.3. The highest BCUT2D eigenvalue weighted by Gasteiger charge is 2.30. The zero-order valence-corrected chi connectivity index (χ0v) is 16.1. The molecular formula is C19H17N5OS2. The Hall–Kier alpha value is -2.63. The topological polar surface area (TPSA) is 83.6 Å². The van der Waals surface area contributed by atoms with Gasteiger partial charge in [0, 0.05) is 18.1 Å². The Kier molecular flexibility index (Phi) is 5.23. The Bertz CT molecular complexity index is 985. The summed E-state index contributed by atoms with van der Waals surface area (Å²) in [4.78, 5) is 16.8. The van der Waals surface area contributed by atoms with Crippen LogP contribution in [0.3, 0.4) is 0 Å². The van der Waals surface area contributed by atoms with Crippen molar-refractivity contribution in [3.63, 3.8) is 0 Å². The fraction of sp³-hybridized carbons (Fsp3) is 0.263. The summed E-state index contributed by atoms with van der Waals surface area (Å²) >= 11 is 2.84. The van der Waals surface area contributed by atoms with Crippen molar-refractivity contribution < 1.29 is 4.79 Å². The lowest BCUT2D eigenvalue weighted by atomic mass is 10.3. The quantitative estimate of drug-likeness (QED) is 0.606. The first-order valence-electron chi connectivity index (χ1n) is 8.67. The summed E-state index contributed by atoms with van der Waals surface area (Å²) in [6.07, 6.45) is 2.65. The molecule has 0 saturated heterocycles. The molecule has 1 fully saturated rings. The van der Waals surface area contributed by atoms with Gasteiger partial charge in [-0.25, -0.2) is 9.67 Å². The van der Waals surface area contributed by atoms with Crippen LogP contribution in [0, 0.1) is 11.3 Å². The van der Waals surface area contributed by atoms with E-state index in [9.17, 15) is 4.79 Å². The van der Waals surface area contributed by atoms with Gasteiger partial charge in [0.15, 0.2) is 0 Å². The predicted octanol–water partition coefficient (Wildman–Crippen LogP) is 4.20. The first-order chi connectivity index (χ1) is 13.2. The third-order valence-corrected chi connectivity index (χ3v) is 5.82. The summed E-state index contributed by atoms with van der Waals surface area (Å²) in [6.45, 7) is 0. The van der Waals surface area contributed by atoms with Gasteiger partial charge in [-0.1, -0.05) is 30.0 Å². The number of anilines is 1. The molecule has 136 valence electrons. The number of nitriles is 1. The van der Waals surface area contributed by atoms with E-state index in [4.69, 9.17) is 10.2 Å². The number of thioether (sulfide) groups is 1. The summed E-state index contributed by atoms with van der Waals surface area (Å²) in [6, 6.07) is 13.8. The molecule has 27 heavy (non-hydrogen) atoms. The van der Waals surface area contributed by atoms with Crippen LogP contribution in [0.4, 0.5) is 5.00 Å². The number of para-hydroxylation sites is 1. The van der Waals surface area contributed by atoms with E-state index >= 15 is 0 Å². The Morgan fingerprint density at radius 1 is 1.33 bits per heavy atom. The lowest BCUT2D eigenvalue weighted by Gasteiger charge is -2.03. The molecule has 6 nitrogen and oxygen atoms in total. The van der Waals surface area contributed by atoms with Crippen LogP contribution in [-0.2, 0) is 4.79 Å². The van der Waals surface area contributed by atoms with Crippen molar-refractivity contribution in [2.75, 3.05) is 11.1 Å². The molecule has 1 saturated carbocycles. The highest BCUT2D eigenvalue weighted by atomic mass is 32.2. The van der Waals surface area contributed by atoms with Crippen LogP contribution in [-0.4, -0.2) is 26.4 Å². The molecule has 0 spiro atoms. The Balaban J connectivity index is 1.37. The maximum Gasteiger partial charge on any atom is 0.225 e. The van der Waals surface area contributed by atoms with Gasteiger partial charge in [0.25, 0.3) is 0 Å². The van der Waals surface area contributed by atoms with E-state index in [1.807, 2.05) is 35.0 Å². The van der Waals surface area contributed by atoms with E-state index in [-0.39, 0.29) is 5.91 Å². The van der Waals surface area contributed by atoms with Gasteiger partial charge in [-0.2, -0.15) is 5.26 Å². The molecule has 8 heteroatoms. The fourth-order valence-electron chi connectivity index (χ4n) is 2.65. The Morgan fingerprint density at radius 2 is 2.15 bits per heavy atom. The van der Waals surface area contributed by atoms with Crippen molar-refractivity contribution in [2.24, 2.45) is 0 Å². The molecule has 1 amide bonds. The fourth-order valence-corrected chi connectivity index (χ4v) is 4.17. The first-order valence-corrected chi connectivity index (χ1v) is 10.5. The molecule has 0 bridgehead atoms. The number of carbonyl (C=O) groups is 1. The van der Waals surface area contributed by atoms with E-state index < -0.39 is 0 Å². The number of carbonyl (C=O) groups excluding carboxylic acids is 1. The summed E-state index contributed by atoms with van der Waals surface area (Å²) in [5.74, 6) is 1.97. The van der Waals surface area contributed by atoms with Crippen LogP contribution in [0.5, 0.6) is 0 Å². The predicted molar refractivity (Wildman–Crippen MR) is 106 cm³/mol. The van der Waals surface area contributed by atoms with E-state index in [1.54, 1.807) is 11.4 Å². The average Bonchev–Trinajstić information content (AvgIpc) is 3.29. The molecule has 0 radical (unpaired) electrons. The number of hydrogen-bond donors (Lipinski definition) is 1. The zero-order chi connectivity index (χ0) is 18.6. The molecule has 2 heterocycles. The standard InChI is InChI=1S/C19H17N5OS2/c20-12-14-8-10-26-18(14)21-16(25)9-11-27-19-22-17(13-6-7-13)24(23-19)15-4-2-1-3-5-15/h1-5,8,10,13H,6-7,9,11H2,(H,21,25). The molecule has 4 rings (SSSR count). The number of hydrogen-bond acceptors (Lipinski definition) is 6. The summed E-state index contributed by atoms with van der Waals surface area (Å²) in [7, 11) is 0. The van der Waals surface area contributed by atoms with Crippen molar-refractivity contribution in [1.29, 1.82) is 5.26 Å². The van der Waals surface area contributed by atoms with E-state index in [0.717, 1.165) is 24.4 Å². The van der Waals surface area contributed by atoms with Gasteiger partial charge in [0.1, 0.15) is 16.9 Å². The molecule has 0 aliphatic heterocycles. The highest BCUT2D eigenvalue weighted by molar-refractivity contribution is 7.99. The summed E-state index contributed by atoms with van der Waals surface area (Å²) in [5.41, 5.74) is 1.51. The summed E-state index contributed by atoms with van der Waals surface area (Å²) < 4.78 is 1.92. The van der Waals surface area contributed by atoms with Crippen molar-refractivity contribution in [3.8, 4) is 11.8 Å². The molecule has 0 atom stereocenters. The van der Waals surface area contributed by atoms with Crippen molar-refractivity contribution in [3.05, 3.63) is 53.2 Å². The van der Waals surface area contributed by atoms with Crippen LogP contribution < -0.4 is 5.32 Å². The molecule has 1 aliphatic carbocycles. The monoisotopic (exact) mass is 395 g/mol. The second-order valence-electron chi connectivity index (χ2n) is 6.20. The third kappa shape index (κ3) is 4.21. The first kappa shape index (κ1) is 17.8. The maximum atomic E-state index is 12.1. The minimum Gasteiger partial charge on any atom is -0.317 e. The molecular weight excluding hydrogens is 378 g/mol. The van der Waals surface area contributed by atoms with Crippen LogP contribution >= 0.6 is 23.1 Å². The van der Waals surface area contributed by atoms with Crippen molar-refractivity contribution in [2.45, 2.75) is 30.3 Å². The van der Waals surface area contributed by atoms with E-state index in [2.05, 4.69) is 16.5 Å². The van der Waals surface area contributed by atoms with Crippen LogP contribution in [0.15, 0.2) is 46.9 Å². The van der Waals surface area contributed by atoms with Gasteiger partial charge in [-0.3, -0.25) is 4.79 Å². The third-order valence-electron chi connectivity index (χ3n) is 4.15. The second-order valence-corrected chi connectivity index (χ2v) is 8.17. The van der Waals surface area contributed by atoms with E-state index in [0.29, 0.717) is 33.8 Å². The minimum absolute atomic E-state index is 0.105. The number of nitrogens with one attached hydrogen (secondary N) is 1. The minimum atomic E-state index is -0.105. The lowest BCUT2D eigenvalue weighted by molar-refractivity contribution is -0.115. The molecule has 1 aliphatic rings. The van der Waals surface area contributed by atoms with Crippen molar-refractivity contribution >= 4 is 34.0 Å². The summed E-state index contributed by atoms with van der Waals surface area (Å²) in [5, 5.41) is 19.5. The Labute approximate surface area is 165 Å². The van der Waals surface area contributed by atoms with Gasteiger partial charge in [-0.15, -0.1) is 16.4 Å². The average molecular weight is 396 g/mol. The molecule has 1 N–H and O–H groups in total. The number of rotatable bonds is 7. The van der Waals surface area contributed by atoms with Crippen LogP contribution in [0.25, 0.3) is 5.69 Å². The van der Waals surface area contributed by atoms with Gasteiger partial charge >= 0.3 is 0 Å². The number of amides is 1. The van der Waals surface area contributed by atoms with Crippen LogP contribution in [0.2, 0.25) is 0 Å². The van der Waals surface area contributed by atoms with Gasteiger partial charge in [0.2, 0.25) is 11.1 Å². The van der Waals surface area contributed by atoms with E-state index in [1.165, 1.54) is 23.1 Å². The molecule has 2 aromatic heterocycles. The second kappa shape index (κ2) is 7.94. The van der Waals surface area contributed by atoms with Gasteiger partial charge in [0.05, 0.1) is 11.3 Å². The number of benzene rings is 1. The number of aromatic nitrogens is 3. The molecule has 0 unspecified atom stereocenters. The highest BCUT2D eigenvalue weighted by Crippen LogP contribution is 2.40. The van der Waals surface area contributed by atoms with Gasteiger partial charge < -0.3 is 5.32 Å². The molecule has 1 aromatic carbocycles. The number of thiophene rings is 1. The lowest BCUT2D eigenvalue weighted by Crippen LogP contribution is -2.11. The largest absolute Gasteiger partial charge is 0.317 e. The smallest absolute Gasteiger partial charge is 0.225 e. The Morgan fingerprint density at radius 3 is 2.89 bits per heavy atom. The number of nitrogens with zero attached hydrogens (tertiary/aromatic N) is 4. The maximum absolute atomic E-state index is 12.1. The van der Waals surface area contributed by atoms with Crippen LogP contribution in [0.1, 0.15) is 36.6 Å². The zero-order valence-electron chi connectivity index (χ0n) is 14.5.